The normalized spacial score (nSPS) is 11.5. The van der Waals surface area contributed by atoms with Crippen molar-refractivity contribution < 1.29 is 9.84 Å². The Morgan fingerprint density at radius 2 is 2.38 bits per heavy atom. The van der Waals surface area contributed by atoms with Gasteiger partial charge in [-0.2, -0.15) is 0 Å². The van der Waals surface area contributed by atoms with Crippen LogP contribution >= 0.6 is 0 Å². The molecule has 0 bridgehead atoms. The fourth-order valence-corrected chi connectivity index (χ4v) is 0.928. The molecule has 1 rings (SSSR count). The number of pyridine rings is 1. The Bertz CT molecular complexity index is 290. The van der Waals surface area contributed by atoms with E-state index in [0.29, 0.717) is 5.88 Å². The van der Waals surface area contributed by atoms with Crippen LogP contribution in [0.2, 0.25) is 0 Å². The van der Waals surface area contributed by atoms with Crippen LogP contribution in [0.15, 0.2) is 23.9 Å². The molecule has 0 spiro atoms. The van der Waals surface area contributed by atoms with E-state index >= 15 is 0 Å². The Hall–Kier alpha value is -1.35. The summed E-state index contributed by atoms with van der Waals surface area (Å²) in [5.74, 6) is 0.596. The van der Waals surface area contributed by atoms with Gasteiger partial charge in [0.05, 0.1) is 13.7 Å². The van der Waals surface area contributed by atoms with Crippen molar-refractivity contribution in [1.29, 1.82) is 0 Å². The summed E-state index contributed by atoms with van der Waals surface area (Å²) in [5.41, 5.74) is 1.87. The number of hydrogen-bond acceptors (Lipinski definition) is 3. The number of rotatable bonds is 3. The minimum atomic E-state index is 0.0754. The van der Waals surface area contributed by atoms with Gasteiger partial charge in [0.1, 0.15) is 0 Å². The zero-order chi connectivity index (χ0) is 9.68. The average Bonchev–Trinajstić information content (AvgIpc) is 2.19. The van der Waals surface area contributed by atoms with Gasteiger partial charge in [-0.1, -0.05) is 6.08 Å². The summed E-state index contributed by atoms with van der Waals surface area (Å²) in [6.45, 7) is 1.94. The van der Waals surface area contributed by atoms with Crippen LogP contribution in [0, 0.1) is 0 Å². The third-order valence-electron chi connectivity index (χ3n) is 1.63. The lowest BCUT2D eigenvalue weighted by molar-refractivity contribution is 0.332. The molecule has 0 radical (unpaired) electrons. The molecule has 70 valence electrons. The summed E-state index contributed by atoms with van der Waals surface area (Å²) in [6.07, 6.45) is 3.59. The van der Waals surface area contributed by atoms with E-state index < -0.39 is 0 Å². The van der Waals surface area contributed by atoms with E-state index in [1.807, 2.05) is 19.1 Å². The standard InChI is InChI=1S/C10H13NO2/c1-8(7-12)5-9-3-4-10(13-2)11-6-9/h3-6,12H,7H2,1-2H3. The van der Waals surface area contributed by atoms with Crippen molar-refractivity contribution in [2.24, 2.45) is 0 Å². The third-order valence-corrected chi connectivity index (χ3v) is 1.63. The molecule has 0 aromatic carbocycles. The fourth-order valence-electron chi connectivity index (χ4n) is 0.928. The number of aromatic nitrogens is 1. The van der Waals surface area contributed by atoms with Gasteiger partial charge in [-0.15, -0.1) is 0 Å². The summed E-state index contributed by atoms with van der Waals surface area (Å²) in [4.78, 5) is 4.04. The molecule has 0 aliphatic rings. The van der Waals surface area contributed by atoms with Crippen LogP contribution in [0.3, 0.4) is 0 Å². The Morgan fingerprint density at radius 1 is 1.62 bits per heavy atom. The van der Waals surface area contributed by atoms with Crippen LogP contribution in [0.5, 0.6) is 5.88 Å². The van der Waals surface area contributed by atoms with Gasteiger partial charge in [-0.05, 0) is 24.1 Å². The van der Waals surface area contributed by atoms with Crippen LogP contribution in [0.1, 0.15) is 12.5 Å². The summed E-state index contributed by atoms with van der Waals surface area (Å²) in [6, 6.07) is 3.68. The summed E-state index contributed by atoms with van der Waals surface area (Å²) in [5, 5.41) is 8.78. The van der Waals surface area contributed by atoms with Crippen LogP contribution in [0.4, 0.5) is 0 Å². The molecule has 3 heteroatoms. The summed E-state index contributed by atoms with van der Waals surface area (Å²) in [7, 11) is 1.58. The molecule has 0 fully saturated rings. The van der Waals surface area contributed by atoms with Crippen molar-refractivity contribution in [2.75, 3.05) is 13.7 Å². The van der Waals surface area contributed by atoms with Gasteiger partial charge >= 0.3 is 0 Å². The first-order valence-corrected chi connectivity index (χ1v) is 4.04. The molecule has 0 amide bonds. The first-order chi connectivity index (χ1) is 6.26. The Morgan fingerprint density at radius 3 is 2.85 bits per heavy atom. The molecule has 1 N–H and O–H groups in total. The Balaban J connectivity index is 2.80. The molecule has 0 aliphatic carbocycles. The summed E-state index contributed by atoms with van der Waals surface area (Å²) >= 11 is 0. The highest BCUT2D eigenvalue weighted by molar-refractivity contribution is 5.51. The highest BCUT2D eigenvalue weighted by Crippen LogP contribution is 2.09. The zero-order valence-electron chi connectivity index (χ0n) is 7.82. The Kier molecular flexibility index (Phi) is 3.46. The number of nitrogens with zero attached hydrogens (tertiary/aromatic N) is 1. The van der Waals surface area contributed by atoms with Crippen molar-refractivity contribution in [3.05, 3.63) is 29.5 Å². The highest BCUT2D eigenvalue weighted by Gasteiger charge is 1.92. The molecule has 1 aromatic rings. The number of ether oxygens (including phenoxy) is 1. The first kappa shape index (κ1) is 9.74. The number of aliphatic hydroxyl groups is 1. The largest absolute Gasteiger partial charge is 0.481 e. The molecule has 0 saturated heterocycles. The number of aliphatic hydroxyl groups excluding tert-OH is 1. The Labute approximate surface area is 77.7 Å². The molecule has 1 aromatic heterocycles. The molecule has 13 heavy (non-hydrogen) atoms. The maximum absolute atomic E-state index is 8.78. The van der Waals surface area contributed by atoms with E-state index in [1.165, 1.54) is 0 Å². The zero-order valence-corrected chi connectivity index (χ0v) is 7.82. The molecule has 1 heterocycles. The molecule has 0 saturated carbocycles. The first-order valence-electron chi connectivity index (χ1n) is 4.04. The van der Waals surface area contributed by atoms with E-state index in [9.17, 15) is 0 Å². The second-order valence-corrected chi connectivity index (χ2v) is 2.78. The SMILES string of the molecule is COc1ccc(C=C(C)CO)cn1. The van der Waals surface area contributed by atoms with Crippen LogP contribution in [-0.4, -0.2) is 23.8 Å². The van der Waals surface area contributed by atoms with Crippen molar-refractivity contribution in [2.45, 2.75) is 6.92 Å². The van der Waals surface area contributed by atoms with Gasteiger partial charge in [0, 0.05) is 12.3 Å². The predicted molar refractivity (Wildman–Crippen MR) is 51.5 cm³/mol. The van der Waals surface area contributed by atoms with Gasteiger partial charge in [0.2, 0.25) is 5.88 Å². The smallest absolute Gasteiger partial charge is 0.212 e. The quantitative estimate of drug-likeness (QED) is 0.764. The molecule has 0 aliphatic heterocycles. The lowest BCUT2D eigenvalue weighted by Gasteiger charge is -1.99. The molecular weight excluding hydrogens is 166 g/mol. The van der Waals surface area contributed by atoms with Crippen LogP contribution in [-0.2, 0) is 0 Å². The van der Waals surface area contributed by atoms with Crippen molar-refractivity contribution in [1.82, 2.24) is 4.98 Å². The van der Waals surface area contributed by atoms with E-state index in [1.54, 1.807) is 19.4 Å². The van der Waals surface area contributed by atoms with E-state index in [0.717, 1.165) is 11.1 Å². The minimum Gasteiger partial charge on any atom is -0.481 e. The molecule has 0 unspecified atom stereocenters. The molecule has 0 atom stereocenters. The molecular formula is C10H13NO2. The number of hydrogen-bond donors (Lipinski definition) is 1. The molecule has 3 nitrogen and oxygen atoms in total. The van der Waals surface area contributed by atoms with E-state index in [4.69, 9.17) is 9.84 Å². The lowest BCUT2D eigenvalue weighted by atomic mass is 10.2. The number of methoxy groups -OCH3 is 1. The van der Waals surface area contributed by atoms with Gasteiger partial charge in [0.15, 0.2) is 0 Å². The third kappa shape index (κ3) is 2.87. The summed E-state index contributed by atoms with van der Waals surface area (Å²) < 4.78 is 4.92. The fraction of sp³-hybridized carbons (Fsp3) is 0.300. The maximum Gasteiger partial charge on any atom is 0.212 e. The minimum absolute atomic E-state index is 0.0754. The highest BCUT2D eigenvalue weighted by atomic mass is 16.5. The maximum atomic E-state index is 8.78. The van der Waals surface area contributed by atoms with Crippen molar-refractivity contribution in [3.63, 3.8) is 0 Å². The van der Waals surface area contributed by atoms with Crippen LogP contribution in [0.25, 0.3) is 6.08 Å². The average molecular weight is 179 g/mol. The van der Waals surface area contributed by atoms with E-state index in [-0.39, 0.29) is 6.61 Å². The van der Waals surface area contributed by atoms with E-state index in [2.05, 4.69) is 4.98 Å². The van der Waals surface area contributed by atoms with Gasteiger partial charge in [-0.25, -0.2) is 4.98 Å². The monoisotopic (exact) mass is 179 g/mol. The van der Waals surface area contributed by atoms with Crippen molar-refractivity contribution >= 4 is 6.08 Å². The second kappa shape index (κ2) is 4.62. The van der Waals surface area contributed by atoms with Gasteiger partial charge in [-0.3, -0.25) is 0 Å². The topological polar surface area (TPSA) is 42.4 Å². The van der Waals surface area contributed by atoms with Crippen molar-refractivity contribution in [3.8, 4) is 5.88 Å². The predicted octanol–water partition coefficient (Wildman–Crippen LogP) is 1.49. The second-order valence-electron chi connectivity index (χ2n) is 2.78. The van der Waals surface area contributed by atoms with Crippen LogP contribution < -0.4 is 4.74 Å². The van der Waals surface area contributed by atoms with Gasteiger partial charge < -0.3 is 9.84 Å². The van der Waals surface area contributed by atoms with Gasteiger partial charge in [0.25, 0.3) is 0 Å². The lowest BCUT2D eigenvalue weighted by Crippen LogP contribution is -1.88.